The van der Waals surface area contributed by atoms with Crippen LogP contribution in [-0.4, -0.2) is 25.3 Å². The van der Waals surface area contributed by atoms with Gasteiger partial charge in [-0.15, -0.1) is 0 Å². The Morgan fingerprint density at radius 3 is 2.06 bits per heavy atom. The first-order chi connectivity index (χ1) is 7.81. The van der Waals surface area contributed by atoms with Crippen molar-refractivity contribution >= 4 is 0 Å². The lowest BCUT2D eigenvalue weighted by atomic mass is 9.74. The van der Waals surface area contributed by atoms with Gasteiger partial charge >= 0.3 is 0 Å². The number of likely N-dealkylation sites (N-methyl/N-ethyl adjacent to an activating group) is 1. The Bertz CT molecular complexity index is 211. The number of rotatable bonds is 4. The summed E-state index contributed by atoms with van der Waals surface area (Å²) in [7, 11) is 2.07. The van der Waals surface area contributed by atoms with E-state index < -0.39 is 0 Å². The van der Waals surface area contributed by atoms with Gasteiger partial charge < -0.3 is 10.1 Å². The van der Waals surface area contributed by atoms with Crippen LogP contribution in [0.25, 0.3) is 0 Å². The first-order valence-electron chi connectivity index (χ1n) is 7.13. The molecule has 1 saturated carbocycles. The van der Waals surface area contributed by atoms with E-state index in [4.69, 9.17) is 4.74 Å². The Morgan fingerprint density at radius 1 is 1.12 bits per heavy atom. The van der Waals surface area contributed by atoms with Crippen molar-refractivity contribution in [1.29, 1.82) is 0 Å². The predicted octanol–water partition coefficient (Wildman–Crippen LogP) is 3.46. The normalized spacial score (nSPS) is 32.5. The third-order valence-electron chi connectivity index (χ3n) is 3.85. The van der Waals surface area contributed by atoms with Gasteiger partial charge in [-0.25, -0.2) is 0 Å². The van der Waals surface area contributed by atoms with Crippen LogP contribution in [0.5, 0.6) is 0 Å². The second-order valence-corrected chi connectivity index (χ2v) is 7.00. The molecule has 0 bridgehead atoms. The number of hydrogen-bond acceptors (Lipinski definition) is 2. The van der Waals surface area contributed by atoms with E-state index in [1.807, 2.05) is 0 Å². The lowest BCUT2D eigenvalue weighted by Crippen LogP contribution is -2.42. The molecule has 3 atom stereocenters. The number of nitrogens with one attached hydrogen (secondary N) is 1. The third-order valence-corrected chi connectivity index (χ3v) is 3.85. The van der Waals surface area contributed by atoms with Crippen molar-refractivity contribution in [2.75, 3.05) is 13.7 Å². The average molecular weight is 241 g/mol. The Hall–Kier alpha value is -0.0800. The maximum atomic E-state index is 5.94. The smallest absolute Gasteiger partial charge is 0.0629 e. The summed E-state index contributed by atoms with van der Waals surface area (Å²) in [6.07, 6.45) is 4.10. The van der Waals surface area contributed by atoms with E-state index in [0.717, 1.165) is 24.4 Å². The van der Waals surface area contributed by atoms with Gasteiger partial charge in [-0.05, 0) is 64.8 Å². The molecule has 0 saturated heterocycles. The van der Waals surface area contributed by atoms with Crippen molar-refractivity contribution in [3.8, 4) is 0 Å². The van der Waals surface area contributed by atoms with Crippen molar-refractivity contribution in [3.63, 3.8) is 0 Å². The molecule has 1 aliphatic rings. The summed E-state index contributed by atoms with van der Waals surface area (Å²) in [5, 5.41) is 3.46. The fourth-order valence-corrected chi connectivity index (χ4v) is 3.13. The van der Waals surface area contributed by atoms with Crippen molar-refractivity contribution in [2.24, 2.45) is 17.8 Å². The minimum atomic E-state index is -0.0268. The highest BCUT2D eigenvalue weighted by Crippen LogP contribution is 2.34. The summed E-state index contributed by atoms with van der Waals surface area (Å²) in [5.74, 6) is 2.52. The van der Waals surface area contributed by atoms with Gasteiger partial charge in [0.2, 0.25) is 0 Å². The van der Waals surface area contributed by atoms with Crippen LogP contribution >= 0.6 is 0 Å². The largest absolute Gasteiger partial charge is 0.374 e. The number of ether oxygens (including phenoxy) is 1. The summed E-state index contributed by atoms with van der Waals surface area (Å²) >= 11 is 0. The van der Waals surface area contributed by atoms with Gasteiger partial charge in [-0.1, -0.05) is 13.8 Å². The van der Waals surface area contributed by atoms with E-state index >= 15 is 0 Å². The van der Waals surface area contributed by atoms with Crippen LogP contribution in [0.15, 0.2) is 0 Å². The zero-order chi connectivity index (χ0) is 13.1. The molecule has 0 aliphatic heterocycles. The van der Waals surface area contributed by atoms with E-state index in [-0.39, 0.29) is 5.60 Å². The Kier molecular flexibility index (Phi) is 5.46. The summed E-state index contributed by atoms with van der Waals surface area (Å²) in [5.41, 5.74) is -0.0268. The molecule has 0 heterocycles. The molecular formula is C15H31NO. The molecule has 1 N–H and O–H groups in total. The molecular weight excluding hydrogens is 210 g/mol. The molecule has 3 unspecified atom stereocenters. The molecule has 102 valence electrons. The van der Waals surface area contributed by atoms with Gasteiger partial charge in [0, 0.05) is 6.04 Å². The maximum absolute atomic E-state index is 5.94. The quantitative estimate of drug-likeness (QED) is 0.814. The van der Waals surface area contributed by atoms with Crippen LogP contribution in [0.4, 0.5) is 0 Å². The SMILES string of the molecule is CNC(COC(C)(C)C)C1CC(C)CC(C)C1. The lowest BCUT2D eigenvalue weighted by molar-refractivity contribution is -0.0267. The van der Waals surface area contributed by atoms with E-state index in [1.54, 1.807) is 0 Å². The fraction of sp³-hybridized carbons (Fsp3) is 1.00. The maximum Gasteiger partial charge on any atom is 0.0629 e. The Morgan fingerprint density at radius 2 is 1.65 bits per heavy atom. The van der Waals surface area contributed by atoms with Crippen LogP contribution in [-0.2, 0) is 4.74 Å². The highest BCUT2D eigenvalue weighted by Gasteiger charge is 2.30. The molecule has 2 heteroatoms. The monoisotopic (exact) mass is 241 g/mol. The lowest BCUT2D eigenvalue weighted by Gasteiger charge is -2.37. The predicted molar refractivity (Wildman–Crippen MR) is 74.2 cm³/mol. The topological polar surface area (TPSA) is 21.3 Å². The minimum absolute atomic E-state index is 0.0268. The van der Waals surface area contributed by atoms with E-state index in [2.05, 4.69) is 47.0 Å². The van der Waals surface area contributed by atoms with E-state index in [1.165, 1.54) is 19.3 Å². The summed E-state index contributed by atoms with van der Waals surface area (Å²) in [6.45, 7) is 12.0. The molecule has 1 aliphatic carbocycles. The molecule has 0 aromatic rings. The van der Waals surface area contributed by atoms with Gasteiger partial charge in [0.15, 0.2) is 0 Å². The summed E-state index contributed by atoms with van der Waals surface area (Å²) < 4.78 is 5.94. The second-order valence-electron chi connectivity index (χ2n) is 7.00. The summed E-state index contributed by atoms with van der Waals surface area (Å²) in [6, 6.07) is 0.513. The van der Waals surface area contributed by atoms with Gasteiger partial charge in [0.1, 0.15) is 0 Å². The zero-order valence-corrected chi connectivity index (χ0v) is 12.5. The molecule has 2 nitrogen and oxygen atoms in total. The summed E-state index contributed by atoms with van der Waals surface area (Å²) in [4.78, 5) is 0. The van der Waals surface area contributed by atoms with Crippen LogP contribution in [0.2, 0.25) is 0 Å². The van der Waals surface area contributed by atoms with Crippen molar-refractivity contribution < 1.29 is 4.74 Å². The van der Waals surface area contributed by atoms with Crippen LogP contribution in [0, 0.1) is 17.8 Å². The van der Waals surface area contributed by atoms with Crippen LogP contribution in [0.3, 0.4) is 0 Å². The minimum Gasteiger partial charge on any atom is -0.374 e. The highest BCUT2D eigenvalue weighted by atomic mass is 16.5. The fourth-order valence-electron chi connectivity index (χ4n) is 3.13. The third kappa shape index (κ3) is 5.39. The van der Waals surface area contributed by atoms with Gasteiger partial charge in [0.05, 0.1) is 12.2 Å². The van der Waals surface area contributed by atoms with Crippen LogP contribution in [0.1, 0.15) is 53.9 Å². The second kappa shape index (κ2) is 6.19. The van der Waals surface area contributed by atoms with E-state index in [0.29, 0.717) is 6.04 Å². The number of hydrogen-bond donors (Lipinski definition) is 1. The van der Waals surface area contributed by atoms with Gasteiger partial charge in [-0.3, -0.25) is 0 Å². The molecule has 1 fully saturated rings. The first kappa shape index (κ1) is 15.0. The van der Waals surface area contributed by atoms with Crippen molar-refractivity contribution in [3.05, 3.63) is 0 Å². The Balaban J connectivity index is 2.48. The molecule has 0 radical (unpaired) electrons. The van der Waals surface area contributed by atoms with Gasteiger partial charge in [-0.2, -0.15) is 0 Å². The van der Waals surface area contributed by atoms with Crippen molar-refractivity contribution in [2.45, 2.75) is 65.5 Å². The van der Waals surface area contributed by atoms with Crippen molar-refractivity contribution in [1.82, 2.24) is 5.32 Å². The Labute approximate surface area is 108 Å². The van der Waals surface area contributed by atoms with E-state index in [9.17, 15) is 0 Å². The molecule has 0 aromatic carbocycles. The highest BCUT2D eigenvalue weighted by molar-refractivity contribution is 4.83. The standard InChI is InChI=1S/C15H31NO/c1-11-7-12(2)9-13(8-11)14(16-6)10-17-15(3,4)5/h11-14,16H,7-10H2,1-6H3. The van der Waals surface area contributed by atoms with Gasteiger partial charge in [0.25, 0.3) is 0 Å². The average Bonchev–Trinajstić information content (AvgIpc) is 2.15. The first-order valence-corrected chi connectivity index (χ1v) is 7.13. The molecule has 1 rings (SSSR count). The zero-order valence-electron chi connectivity index (χ0n) is 12.5. The molecule has 17 heavy (non-hydrogen) atoms. The molecule has 0 aromatic heterocycles. The molecule has 0 spiro atoms. The van der Waals surface area contributed by atoms with Crippen LogP contribution < -0.4 is 5.32 Å². The molecule has 0 amide bonds.